The highest BCUT2D eigenvalue weighted by atomic mass is 32.2. The monoisotopic (exact) mass is 868 g/mol. The summed E-state index contributed by atoms with van der Waals surface area (Å²) in [7, 11) is 0. The van der Waals surface area contributed by atoms with Crippen LogP contribution in [0.3, 0.4) is 0 Å². The van der Waals surface area contributed by atoms with Crippen LogP contribution in [0.1, 0.15) is 241 Å². The first-order chi connectivity index (χ1) is 30.3. The third kappa shape index (κ3) is 22.2. The molecule has 0 spiro atoms. The summed E-state index contributed by atoms with van der Waals surface area (Å²) in [6.07, 6.45) is 68.2. The number of thiazole rings is 1. The zero-order valence-electron chi connectivity index (χ0n) is 39.7. The Bertz CT molecular complexity index is 1540. The smallest absolute Gasteiger partial charge is 0.262 e. The molecule has 0 saturated heterocycles. The molecule has 1 aromatic heterocycles. The van der Waals surface area contributed by atoms with Gasteiger partial charge < -0.3 is 4.90 Å². The summed E-state index contributed by atoms with van der Waals surface area (Å²) in [6, 6.07) is 8.95. The second-order valence-corrected chi connectivity index (χ2v) is 20.5. The van der Waals surface area contributed by atoms with E-state index in [0.29, 0.717) is 0 Å². The van der Waals surface area contributed by atoms with Gasteiger partial charge in [-0.3, -0.25) is 0 Å². The molecule has 2 aromatic rings. The van der Waals surface area contributed by atoms with Crippen LogP contribution in [-0.2, 0) is 13.0 Å². The molecule has 0 N–H and O–H groups in total. The minimum absolute atomic E-state index is 1.11. The van der Waals surface area contributed by atoms with Gasteiger partial charge in [0.2, 0.25) is 5.69 Å². The number of hydrogen-bond donors (Lipinski definition) is 0. The fourth-order valence-electron chi connectivity index (χ4n) is 9.14. The van der Waals surface area contributed by atoms with E-state index in [1.807, 2.05) is 23.1 Å². The van der Waals surface area contributed by atoms with Crippen molar-refractivity contribution in [1.82, 2.24) is 0 Å². The maximum Gasteiger partial charge on any atom is 0.262 e. The Hall–Kier alpha value is -2.30. The van der Waals surface area contributed by atoms with Crippen molar-refractivity contribution in [2.45, 2.75) is 244 Å². The number of aromatic nitrogens is 1. The number of hydrogen-bond acceptors (Lipinski definition) is 3. The van der Waals surface area contributed by atoms with Crippen molar-refractivity contribution >= 4 is 40.9 Å². The molecule has 0 atom stereocenters. The lowest BCUT2D eigenvalue weighted by Gasteiger charge is -2.20. The number of benzene rings is 1. The van der Waals surface area contributed by atoms with E-state index in [2.05, 4.69) is 102 Å². The summed E-state index contributed by atoms with van der Waals surface area (Å²) < 4.78 is 2.60. The van der Waals surface area contributed by atoms with Crippen molar-refractivity contribution < 1.29 is 4.57 Å². The lowest BCUT2D eigenvalue weighted by molar-refractivity contribution is -0.696. The molecule has 61 heavy (non-hydrogen) atoms. The molecule has 4 rings (SSSR count). The Kier molecular flexibility index (Phi) is 29.5. The summed E-state index contributed by atoms with van der Waals surface area (Å²) in [5.74, 6) is 0. The van der Waals surface area contributed by atoms with Gasteiger partial charge in [-0.2, -0.15) is 4.57 Å². The van der Waals surface area contributed by atoms with E-state index in [-0.39, 0.29) is 0 Å². The predicted molar refractivity (Wildman–Crippen MR) is 276 cm³/mol. The zero-order chi connectivity index (χ0) is 42.7. The molecule has 340 valence electrons. The van der Waals surface area contributed by atoms with Crippen LogP contribution < -0.4 is 9.47 Å². The number of nitrogens with zero attached hydrogens (tertiary/aromatic N) is 2. The first kappa shape index (κ1) is 51.3. The van der Waals surface area contributed by atoms with E-state index in [1.165, 1.54) is 245 Å². The molecule has 0 saturated carbocycles. The van der Waals surface area contributed by atoms with E-state index in [1.54, 1.807) is 4.88 Å². The number of fused-ring (bicyclic) bond motifs is 2. The molecule has 2 heterocycles. The van der Waals surface area contributed by atoms with Gasteiger partial charge in [0.1, 0.15) is 0 Å². The van der Waals surface area contributed by atoms with Crippen molar-refractivity contribution in [1.29, 1.82) is 0 Å². The fourth-order valence-corrected chi connectivity index (χ4v) is 11.4. The highest BCUT2D eigenvalue weighted by Gasteiger charge is 2.25. The number of anilines is 1. The van der Waals surface area contributed by atoms with E-state index in [0.717, 1.165) is 13.1 Å². The number of para-hydroxylation sites is 1. The molecule has 1 aromatic carbocycles. The molecule has 0 unspecified atom stereocenters. The molecule has 0 bridgehead atoms. The Balaban J connectivity index is 1.10. The molecular weight excluding hydrogens is 777 g/mol. The Morgan fingerprint density at radius 1 is 0.541 bits per heavy atom. The van der Waals surface area contributed by atoms with Gasteiger partial charge >= 0.3 is 0 Å². The lowest BCUT2D eigenvalue weighted by atomic mass is 10.0. The highest BCUT2D eigenvalue weighted by Crippen LogP contribution is 2.46. The molecule has 2 nitrogen and oxygen atoms in total. The van der Waals surface area contributed by atoms with Gasteiger partial charge in [-0.25, -0.2) is 0 Å². The van der Waals surface area contributed by atoms with Gasteiger partial charge in [0.25, 0.3) is 5.01 Å². The van der Waals surface area contributed by atoms with Crippen molar-refractivity contribution in [3.8, 4) is 0 Å². The van der Waals surface area contributed by atoms with E-state index in [9.17, 15) is 0 Å². The van der Waals surface area contributed by atoms with Crippen LogP contribution in [-0.4, -0.2) is 6.54 Å². The van der Waals surface area contributed by atoms with Gasteiger partial charge in [0, 0.05) is 30.0 Å². The standard InChI is InChI=1S/C57H91N2S2/c1-3-5-7-9-11-13-15-17-19-21-23-25-27-29-34-42-50-58-52-44-38-40-46-54(52)60-56(58)48-36-32-31-33-37-49-57-59(53-45-39-41-47-55(53)61-57)51-43-35-30-28-26-24-22-20-18-16-14-12-10-8-6-4-2/h31-33,36-40,44-46,48-49H,3-30,34-35,41-43,47,50-51H2,1-2H3/q+1. The van der Waals surface area contributed by atoms with E-state index >= 15 is 0 Å². The van der Waals surface area contributed by atoms with Crippen molar-refractivity contribution in [2.75, 3.05) is 11.4 Å². The molecule has 0 radical (unpaired) electrons. The summed E-state index contributed by atoms with van der Waals surface area (Å²) >= 11 is 3.92. The first-order valence-corrected chi connectivity index (χ1v) is 27.9. The average molecular weight is 869 g/mol. The number of aryl methyl sites for hydroxylation is 1. The van der Waals surface area contributed by atoms with Crippen LogP contribution in [0, 0.1) is 0 Å². The van der Waals surface area contributed by atoms with E-state index < -0.39 is 0 Å². The Labute approximate surface area is 385 Å². The highest BCUT2D eigenvalue weighted by molar-refractivity contribution is 8.03. The lowest BCUT2D eigenvalue weighted by Crippen LogP contribution is -2.38. The summed E-state index contributed by atoms with van der Waals surface area (Å²) in [4.78, 5) is 5.51. The van der Waals surface area contributed by atoms with Crippen LogP contribution in [0.5, 0.6) is 0 Å². The van der Waals surface area contributed by atoms with Crippen LogP contribution in [0.4, 0.5) is 5.69 Å². The normalized spacial score (nSPS) is 14.5. The Morgan fingerprint density at radius 2 is 1.02 bits per heavy atom. The van der Waals surface area contributed by atoms with Gasteiger partial charge in [-0.15, -0.1) is 0 Å². The predicted octanol–water partition coefficient (Wildman–Crippen LogP) is 19.1. The molecule has 2 aliphatic rings. The molecular formula is C57H91N2S2+. The zero-order valence-corrected chi connectivity index (χ0v) is 41.3. The minimum Gasteiger partial charge on any atom is -0.335 e. The molecule has 1 aliphatic carbocycles. The first-order valence-electron chi connectivity index (χ1n) is 26.3. The van der Waals surface area contributed by atoms with Crippen molar-refractivity contribution in [2.24, 2.45) is 0 Å². The molecule has 1 aliphatic heterocycles. The third-order valence-electron chi connectivity index (χ3n) is 12.9. The molecule has 0 fully saturated rings. The van der Waals surface area contributed by atoms with Gasteiger partial charge in [-0.05, 0) is 43.9 Å². The largest absolute Gasteiger partial charge is 0.335 e. The van der Waals surface area contributed by atoms with Crippen molar-refractivity contribution in [3.63, 3.8) is 0 Å². The third-order valence-corrected chi connectivity index (χ3v) is 15.3. The molecule has 0 amide bonds. The van der Waals surface area contributed by atoms with Crippen LogP contribution in [0.15, 0.2) is 76.7 Å². The van der Waals surface area contributed by atoms with Gasteiger partial charge in [-0.1, -0.05) is 272 Å². The summed E-state index contributed by atoms with van der Waals surface area (Å²) in [5.41, 5.74) is 2.85. The Morgan fingerprint density at radius 3 is 1.57 bits per heavy atom. The summed E-state index contributed by atoms with van der Waals surface area (Å²) in [6.45, 7) is 6.87. The average Bonchev–Trinajstić information content (AvgIpc) is 3.82. The quantitative estimate of drug-likeness (QED) is 0.0377. The van der Waals surface area contributed by atoms with Crippen LogP contribution >= 0.6 is 23.1 Å². The topological polar surface area (TPSA) is 7.12 Å². The van der Waals surface area contributed by atoms with E-state index in [4.69, 9.17) is 0 Å². The maximum absolute atomic E-state index is 2.60. The van der Waals surface area contributed by atoms with Crippen LogP contribution in [0.2, 0.25) is 0 Å². The fraction of sp³-hybridized carbons (Fsp3) is 0.667. The van der Waals surface area contributed by atoms with Crippen molar-refractivity contribution in [3.05, 3.63) is 87.4 Å². The van der Waals surface area contributed by atoms with Gasteiger partial charge in [0.05, 0.1) is 15.6 Å². The van der Waals surface area contributed by atoms with Crippen LogP contribution in [0.25, 0.3) is 12.2 Å². The second-order valence-electron chi connectivity index (χ2n) is 18.3. The molecule has 4 heteroatoms. The SMILES string of the molecule is CCCCCCCCCCCCCCCCCCN1/C(=C/C=C/C=C/C=C/c2sc3c([n+]2CCCCCCCCCCCCCCCCCC)C=CCC3)Sc2ccccc21. The number of allylic oxidation sites excluding steroid dienone is 7. The maximum atomic E-state index is 2.60. The second kappa shape index (κ2) is 35.1. The number of thioether (sulfide) groups is 1. The number of rotatable bonds is 38. The van der Waals surface area contributed by atoms with Gasteiger partial charge in [0.15, 0.2) is 6.54 Å². The summed E-state index contributed by atoms with van der Waals surface area (Å²) in [5, 5.41) is 2.76. The number of unbranched alkanes of at least 4 members (excludes halogenated alkanes) is 30. The minimum atomic E-state index is 1.11.